The molecule has 0 aromatic heterocycles. The van der Waals surface area contributed by atoms with E-state index in [2.05, 4.69) is 10.6 Å². The average Bonchev–Trinajstić information content (AvgIpc) is 2.49. The Bertz CT molecular complexity index is 544. The van der Waals surface area contributed by atoms with Crippen molar-refractivity contribution in [2.24, 2.45) is 11.8 Å². The SMILES string of the molecule is CC(O)CC(C)CNC(=O)C(NC(=O)c1ccc(F)cc1)C(C)C. The fraction of sp³-hybridized carbons (Fsp3) is 0.556. The van der Waals surface area contributed by atoms with Crippen molar-refractivity contribution in [2.75, 3.05) is 6.54 Å². The van der Waals surface area contributed by atoms with Crippen LogP contribution in [0.4, 0.5) is 4.39 Å². The molecule has 1 rings (SSSR count). The van der Waals surface area contributed by atoms with Crippen LogP contribution in [0, 0.1) is 17.7 Å². The molecular weight excluding hydrogens is 311 g/mol. The number of rotatable bonds is 8. The summed E-state index contributed by atoms with van der Waals surface area (Å²) in [4.78, 5) is 24.6. The molecule has 3 N–H and O–H groups in total. The smallest absolute Gasteiger partial charge is 0.251 e. The first kappa shape index (κ1) is 20.1. The van der Waals surface area contributed by atoms with E-state index in [1.54, 1.807) is 6.92 Å². The summed E-state index contributed by atoms with van der Waals surface area (Å²) in [6.07, 6.45) is 0.171. The lowest BCUT2D eigenvalue weighted by Crippen LogP contribution is -2.50. The molecule has 0 heterocycles. The van der Waals surface area contributed by atoms with Crippen molar-refractivity contribution in [1.29, 1.82) is 0 Å². The summed E-state index contributed by atoms with van der Waals surface area (Å²) < 4.78 is 12.9. The molecule has 6 heteroatoms. The van der Waals surface area contributed by atoms with Crippen molar-refractivity contribution in [3.05, 3.63) is 35.6 Å². The highest BCUT2D eigenvalue weighted by Gasteiger charge is 2.25. The van der Waals surface area contributed by atoms with Gasteiger partial charge in [-0.05, 0) is 49.4 Å². The van der Waals surface area contributed by atoms with Crippen LogP contribution >= 0.6 is 0 Å². The lowest BCUT2D eigenvalue weighted by atomic mass is 10.0. The summed E-state index contributed by atoms with van der Waals surface area (Å²) in [6.45, 7) is 7.76. The Morgan fingerprint density at radius 2 is 1.71 bits per heavy atom. The van der Waals surface area contributed by atoms with Crippen LogP contribution < -0.4 is 10.6 Å². The molecule has 0 radical (unpaired) electrons. The van der Waals surface area contributed by atoms with Crippen LogP contribution in [0.3, 0.4) is 0 Å². The van der Waals surface area contributed by atoms with Gasteiger partial charge in [-0.15, -0.1) is 0 Å². The Morgan fingerprint density at radius 3 is 2.21 bits per heavy atom. The molecule has 0 bridgehead atoms. The second kappa shape index (κ2) is 9.37. The van der Waals surface area contributed by atoms with Crippen molar-refractivity contribution in [3.8, 4) is 0 Å². The van der Waals surface area contributed by atoms with Crippen molar-refractivity contribution in [2.45, 2.75) is 46.3 Å². The van der Waals surface area contributed by atoms with Crippen LogP contribution in [0.2, 0.25) is 0 Å². The first-order valence-corrected chi connectivity index (χ1v) is 8.23. The first-order valence-electron chi connectivity index (χ1n) is 8.23. The van der Waals surface area contributed by atoms with Gasteiger partial charge in [0.15, 0.2) is 0 Å². The fourth-order valence-electron chi connectivity index (χ4n) is 2.41. The Balaban J connectivity index is 2.64. The number of hydrogen-bond acceptors (Lipinski definition) is 3. The highest BCUT2D eigenvalue weighted by molar-refractivity contribution is 5.97. The Hall–Kier alpha value is -1.95. The zero-order valence-electron chi connectivity index (χ0n) is 14.7. The largest absolute Gasteiger partial charge is 0.393 e. The topological polar surface area (TPSA) is 78.4 Å². The molecule has 1 aromatic rings. The summed E-state index contributed by atoms with van der Waals surface area (Å²) in [5, 5.41) is 14.9. The quantitative estimate of drug-likeness (QED) is 0.679. The molecule has 134 valence electrons. The maximum absolute atomic E-state index is 12.9. The second-order valence-corrected chi connectivity index (χ2v) is 6.64. The molecule has 1 aromatic carbocycles. The Labute approximate surface area is 142 Å². The van der Waals surface area contributed by atoms with Gasteiger partial charge >= 0.3 is 0 Å². The summed E-state index contributed by atoms with van der Waals surface area (Å²) in [6, 6.07) is 4.49. The van der Waals surface area contributed by atoms with Crippen molar-refractivity contribution >= 4 is 11.8 Å². The van der Waals surface area contributed by atoms with Crippen molar-refractivity contribution in [3.63, 3.8) is 0 Å². The minimum atomic E-state index is -0.679. The monoisotopic (exact) mass is 338 g/mol. The number of halogens is 1. The van der Waals surface area contributed by atoms with Crippen LogP contribution in [-0.2, 0) is 4.79 Å². The predicted octanol–water partition coefficient (Wildman–Crippen LogP) is 2.10. The van der Waals surface area contributed by atoms with E-state index in [0.29, 0.717) is 18.5 Å². The zero-order valence-corrected chi connectivity index (χ0v) is 14.7. The van der Waals surface area contributed by atoms with E-state index in [1.165, 1.54) is 24.3 Å². The van der Waals surface area contributed by atoms with E-state index in [-0.39, 0.29) is 17.7 Å². The highest BCUT2D eigenvalue weighted by Crippen LogP contribution is 2.08. The van der Waals surface area contributed by atoms with Crippen LogP contribution in [0.25, 0.3) is 0 Å². The Kier molecular flexibility index (Phi) is 7.85. The molecule has 3 atom stereocenters. The molecule has 0 saturated heterocycles. The minimum Gasteiger partial charge on any atom is -0.393 e. The lowest BCUT2D eigenvalue weighted by molar-refractivity contribution is -0.124. The summed E-state index contributed by atoms with van der Waals surface area (Å²) in [5.74, 6) is -1.06. The maximum atomic E-state index is 12.9. The summed E-state index contributed by atoms with van der Waals surface area (Å²) in [7, 11) is 0. The second-order valence-electron chi connectivity index (χ2n) is 6.64. The number of benzene rings is 1. The van der Waals surface area contributed by atoms with Crippen LogP contribution in [-0.4, -0.2) is 35.6 Å². The van der Waals surface area contributed by atoms with Gasteiger partial charge in [-0.1, -0.05) is 20.8 Å². The summed E-state index contributed by atoms with van der Waals surface area (Å²) in [5.41, 5.74) is 0.303. The molecular formula is C18H27FN2O3. The number of nitrogens with one attached hydrogen (secondary N) is 2. The van der Waals surface area contributed by atoms with Gasteiger partial charge in [-0.2, -0.15) is 0 Å². The summed E-state index contributed by atoms with van der Waals surface area (Å²) >= 11 is 0. The predicted molar refractivity (Wildman–Crippen MR) is 91.0 cm³/mol. The van der Waals surface area contributed by atoms with Gasteiger partial charge in [-0.3, -0.25) is 9.59 Å². The van der Waals surface area contributed by atoms with Crippen LogP contribution in [0.5, 0.6) is 0 Å². The number of aliphatic hydroxyl groups is 1. The molecule has 0 aliphatic carbocycles. The maximum Gasteiger partial charge on any atom is 0.251 e. The van der Waals surface area contributed by atoms with Gasteiger partial charge in [0, 0.05) is 12.1 Å². The Morgan fingerprint density at radius 1 is 1.12 bits per heavy atom. The first-order chi connectivity index (χ1) is 11.2. The molecule has 0 spiro atoms. The van der Waals surface area contributed by atoms with Crippen molar-refractivity contribution in [1.82, 2.24) is 10.6 Å². The van der Waals surface area contributed by atoms with Crippen LogP contribution in [0.15, 0.2) is 24.3 Å². The van der Waals surface area contributed by atoms with Gasteiger partial charge in [0.1, 0.15) is 11.9 Å². The van der Waals surface area contributed by atoms with E-state index in [0.717, 1.165) is 0 Å². The number of aliphatic hydroxyl groups excluding tert-OH is 1. The van der Waals surface area contributed by atoms with Gasteiger partial charge < -0.3 is 15.7 Å². The molecule has 0 saturated carbocycles. The molecule has 0 aliphatic heterocycles. The van der Waals surface area contributed by atoms with Gasteiger partial charge in [-0.25, -0.2) is 4.39 Å². The van der Waals surface area contributed by atoms with Gasteiger partial charge in [0.25, 0.3) is 5.91 Å². The average molecular weight is 338 g/mol. The van der Waals surface area contributed by atoms with Gasteiger partial charge in [0.05, 0.1) is 6.10 Å². The number of carbonyl (C=O) groups excluding carboxylic acids is 2. The fourth-order valence-corrected chi connectivity index (χ4v) is 2.41. The molecule has 24 heavy (non-hydrogen) atoms. The van der Waals surface area contributed by atoms with E-state index in [9.17, 15) is 19.1 Å². The lowest BCUT2D eigenvalue weighted by Gasteiger charge is -2.23. The minimum absolute atomic E-state index is 0.0959. The van der Waals surface area contributed by atoms with E-state index < -0.39 is 23.9 Å². The third-order valence-corrected chi connectivity index (χ3v) is 3.71. The molecule has 5 nitrogen and oxygen atoms in total. The normalized spacial score (nSPS) is 14.8. The van der Waals surface area contributed by atoms with E-state index >= 15 is 0 Å². The highest BCUT2D eigenvalue weighted by atomic mass is 19.1. The number of hydrogen-bond donors (Lipinski definition) is 3. The zero-order chi connectivity index (χ0) is 18.3. The molecule has 0 aliphatic rings. The standard InChI is InChI=1S/C18H27FN2O3/c1-11(2)16(18(24)20-10-12(3)9-13(4)22)21-17(23)14-5-7-15(19)8-6-14/h5-8,11-13,16,22H,9-10H2,1-4H3,(H,20,24)(H,21,23). The third kappa shape index (κ3) is 6.66. The number of carbonyl (C=O) groups is 2. The molecule has 0 fully saturated rings. The molecule has 3 unspecified atom stereocenters. The van der Waals surface area contributed by atoms with Crippen LogP contribution in [0.1, 0.15) is 44.5 Å². The van der Waals surface area contributed by atoms with Gasteiger partial charge in [0.2, 0.25) is 5.91 Å². The third-order valence-electron chi connectivity index (χ3n) is 3.71. The van der Waals surface area contributed by atoms with E-state index in [1.807, 2.05) is 20.8 Å². The molecule has 2 amide bonds. The van der Waals surface area contributed by atoms with E-state index in [4.69, 9.17) is 0 Å². The van der Waals surface area contributed by atoms with Crippen molar-refractivity contribution < 1.29 is 19.1 Å². The number of amides is 2.